The lowest BCUT2D eigenvalue weighted by Crippen LogP contribution is -2.51. The molecule has 31 heavy (non-hydrogen) atoms. The molecule has 0 spiro atoms. The minimum absolute atomic E-state index is 0.193. The van der Waals surface area contributed by atoms with Crippen molar-refractivity contribution in [1.29, 1.82) is 0 Å². The number of carbonyl (C=O) groups excluding carboxylic acids is 1. The lowest BCUT2D eigenvalue weighted by atomic mass is 9.48. The second-order valence-corrected chi connectivity index (χ2v) is 12.4. The van der Waals surface area contributed by atoms with Crippen molar-refractivity contribution in [2.45, 2.75) is 118 Å². The van der Waals surface area contributed by atoms with Gasteiger partial charge in [-0.1, -0.05) is 66.0 Å². The standard InChI is InChI=1S/C29H50O2/c1-8-24-26-13-12-22(18-23(31)17-20(4)19(2)3)28(26,6)16-14-27(24)29(7)15-10-9-11-25(29)21(5)30/h19,22-27,31H,4,8-18H2,1-3,5-7H3. The van der Waals surface area contributed by atoms with Gasteiger partial charge < -0.3 is 5.11 Å². The Kier molecular flexibility index (Phi) is 7.82. The SMILES string of the molecule is C=C(CC(O)CC1CCC2C(CC)C(C3(C)CCCCC3C(C)=O)CCC12C)C(C)C. The summed E-state index contributed by atoms with van der Waals surface area (Å²) in [6.07, 6.45) is 12.7. The van der Waals surface area contributed by atoms with Crippen LogP contribution < -0.4 is 0 Å². The lowest BCUT2D eigenvalue weighted by molar-refractivity contribution is -0.134. The zero-order valence-electron chi connectivity index (χ0n) is 21.4. The molecular weight excluding hydrogens is 380 g/mol. The fraction of sp³-hybridized carbons (Fsp3) is 0.897. The minimum Gasteiger partial charge on any atom is -0.393 e. The van der Waals surface area contributed by atoms with Crippen LogP contribution in [0.5, 0.6) is 0 Å². The summed E-state index contributed by atoms with van der Waals surface area (Å²) in [4.78, 5) is 12.6. The Morgan fingerprint density at radius 3 is 2.32 bits per heavy atom. The van der Waals surface area contributed by atoms with Gasteiger partial charge in [-0.25, -0.2) is 0 Å². The van der Waals surface area contributed by atoms with Crippen molar-refractivity contribution in [1.82, 2.24) is 0 Å². The largest absolute Gasteiger partial charge is 0.393 e. The van der Waals surface area contributed by atoms with Crippen molar-refractivity contribution in [3.05, 3.63) is 12.2 Å². The number of ketones is 1. The van der Waals surface area contributed by atoms with Crippen LogP contribution >= 0.6 is 0 Å². The van der Waals surface area contributed by atoms with Gasteiger partial charge >= 0.3 is 0 Å². The zero-order valence-corrected chi connectivity index (χ0v) is 21.4. The number of aliphatic hydroxyl groups is 1. The summed E-state index contributed by atoms with van der Waals surface area (Å²) < 4.78 is 0. The molecule has 0 aromatic heterocycles. The molecule has 3 fully saturated rings. The second-order valence-electron chi connectivity index (χ2n) is 12.4. The highest BCUT2D eigenvalue weighted by molar-refractivity contribution is 5.79. The van der Waals surface area contributed by atoms with Crippen LogP contribution in [0.1, 0.15) is 112 Å². The van der Waals surface area contributed by atoms with Crippen molar-refractivity contribution in [3.63, 3.8) is 0 Å². The normalized spacial score (nSPS) is 41.7. The number of aliphatic hydroxyl groups excluding tert-OH is 1. The van der Waals surface area contributed by atoms with E-state index in [2.05, 4.69) is 41.2 Å². The highest BCUT2D eigenvalue weighted by atomic mass is 16.3. The van der Waals surface area contributed by atoms with Crippen LogP contribution in [0, 0.1) is 46.3 Å². The predicted molar refractivity (Wildman–Crippen MR) is 131 cm³/mol. The monoisotopic (exact) mass is 430 g/mol. The first kappa shape index (κ1) is 25.0. The van der Waals surface area contributed by atoms with Crippen molar-refractivity contribution in [2.75, 3.05) is 0 Å². The minimum atomic E-state index is -0.244. The van der Waals surface area contributed by atoms with E-state index >= 15 is 0 Å². The molecule has 0 amide bonds. The van der Waals surface area contributed by atoms with E-state index in [1.54, 1.807) is 0 Å². The summed E-state index contributed by atoms with van der Waals surface area (Å²) in [7, 11) is 0. The summed E-state index contributed by atoms with van der Waals surface area (Å²) in [6.45, 7) is 17.8. The van der Waals surface area contributed by atoms with E-state index in [-0.39, 0.29) is 17.4 Å². The molecule has 8 unspecified atom stereocenters. The third-order valence-electron chi connectivity index (χ3n) is 10.6. The highest BCUT2D eigenvalue weighted by Gasteiger charge is 2.58. The first-order valence-electron chi connectivity index (χ1n) is 13.4. The summed E-state index contributed by atoms with van der Waals surface area (Å²) >= 11 is 0. The molecule has 0 aliphatic heterocycles. The molecule has 2 nitrogen and oxygen atoms in total. The number of carbonyl (C=O) groups is 1. The van der Waals surface area contributed by atoms with E-state index in [4.69, 9.17) is 0 Å². The van der Waals surface area contributed by atoms with Crippen LogP contribution in [-0.4, -0.2) is 17.0 Å². The number of rotatable bonds is 8. The van der Waals surface area contributed by atoms with Crippen molar-refractivity contribution >= 4 is 5.78 Å². The molecule has 0 aromatic carbocycles. The molecule has 1 N–H and O–H groups in total. The molecule has 0 radical (unpaired) electrons. The first-order chi connectivity index (χ1) is 14.5. The van der Waals surface area contributed by atoms with Gasteiger partial charge in [0.15, 0.2) is 0 Å². The van der Waals surface area contributed by atoms with Crippen molar-refractivity contribution < 1.29 is 9.90 Å². The average molecular weight is 431 g/mol. The third-order valence-corrected chi connectivity index (χ3v) is 10.6. The zero-order chi connectivity index (χ0) is 23.0. The highest BCUT2D eigenvalue weighted by Crippen LogP contribution is 2.65. The van der Waals surface area contributed by atoms with Gasteiger partial charge in [0.1, 0.15) is 5.78 Å². The summed E-state index contributed by atoms with van der Waals surface area (Å²) in [5, 5.41) is 10.9. The molecule has 0 aromatic rings. The second kappa shape index (κ2) is 9.70. The summed E-state index contributed by atoms with van der Waals surface area (Å²) in [5.74, 6) is 3.96. The van der Waals surface area contributed by atoms with Crippen LogP contribution in [0.4, 0.5) is 0 Å². The summed E-state index contributed by atoms with van der Waals surface area (Å²) in [6, 6.07) is 0. The molecule has 3 aliphatic carbocycles. The van der Waals surface area contributed by atoms with Gasteiger partial charge in [0.2, 0.25) is 0 Å². The van der Waals surface area contributed by atoms with E-state index < -0.39 is 0 Å². The van der Waals surface area contributed by atoms with Gasteiger partial charge in [-0.2, -0.15) is 0 Å². The van der Waals surface area contributed by atoms with Crippen molar-refractivity contribution in [2.24, 2.45) is 46.3 Å². The Morgan fingerprint density at radius 1 is 1.03 bits per heavy atom. The molecule has 3 rings (SSSR count). The Labute approximate surface area is 192 Å². The van der Waals surface area contributed by atoms with Gasteiger partial charge in [-0.05, 0) is 98.7 Å². The van der Waals surface area contributed by atoms with E-state index in [1.165, 1.54) is 56.9 Å². The third kappa shape index (κ3) is 4.71. The predicted octanol–water partition coefficient (Wildman–Crippen LogP) is 7.59. The quantitative estimate of drug-likeness (QED) is 0.403. The van der Waals surface area contributed by atoms with Gasteiger partial charge in [0, 0.05) is 5.92 Å². The van der Waals surface area contributed by atoms with Gasteiger partial charge in [-0.3, -0.25) is 4.79 Å². The Bertz CT molecular complexity index is 651. The smallest absolute Gasteiger partial charge is 0.133 e. The Morgan fingerprint density at radius 2 is 1.71 bits per heavy atom. The fourth-order valence-electron chi connectivity index (χ4n) is 8.59. The van der Waals surface area contributed by atoms with Gasteiger partial charge in [0.25, 0.3) is 0 Å². The van der Waals surface area contributed by atoms with Crippen LogP contribution in [0.3, 0.4) is 0 Å². The molecule has 0 saturated heterocycles. The lowest BCUT2D eigenvalue weighted by Gasteiger charge is -2.56. The number of hydrogen-bond acceptors (Lipinski definition) is 2. The Hall–Kier alpha value is -0.630. The Balaban J connectivity index is 1.76. The molecule has 3 aliphatic rings. The fourth-order valence-corrected chi connectivity index (χ4v) is 8.59. The van der Waals surface area contributed by atoms with Crippen LogP contribution in [-0.2, 0) is 4.79 Å². The molecule has 0 heterocycles. The van der Waals surface area contributed by atoms with E-state index in [0.717, 1.165) is 31.1 Å². The molecule has 8 atom stereocenters. The molecule has 178 valence electrons. The maximum absolute atomic E-state index is 12.6. The first-order valence-corrected chi connectivity index (χ1v) is 13.4. The van der Waals surface area contributed by atoms with E-state index in [1.807, 2.05) is 6.92 Å². The van der Waals surface area contributed by atoms with Crippen LogP contribution in [0.15, 0.2) is 12.2 Å². The number of fused-ring (bicyclic) bond motifs is 1. The van der Waals surface area contributed by atoms with Crippen LogP contribution in [0.25, 0.3) is 0 Å². The number of Topliss-reactive ketones (excluding diaryl/α,β-unsaturated/α-hetero) is 1. The molecular formula is C29H50O2. The number of hydrogen-bond donors (Lipinski definition) is 1. The van der Waals surface area contributed by atoms with E-state index in [0.29, 0.717) is 29.0 Å². The maximum atomic E-state index is 12.6. The summed E-state index contributed by atoms with van der Waals surface area (Å²) in [5.41, 5.74) is 1.73. The molecule has 2 heteroatoms. The average Bonchev–Trinajstić information content (AvgIpc) is 3.03. The van der Waals surface area contributed by atoms with Crippen molar-refractivity contribution in [3.8, 4) is 0 Å². The maximum Gasteiger partial charge on any atom is 0.133 e. The molecule has 0 bridgehead atoms. The topological polar surface area (TPSA) is 37.3 Å². The van der Waals surface area contributed by atoms with Gasteiger partial charge in [0.05, 0.1) is 6.10 Å². The van der Waals surface area contributed by atoms with E-state index in [9.17, 15) is 9.90 Å². The van der Waals surface area contributed by atoms with Crippen LogP contribution in [0.2, 0.25) is 0 Å². The van der Waals surface area contributed by atoms with Gasteiger partial charge in [-0.15, -0.1) is 0 Å². The molecule has 3 saturated carbocycles.